The first-order valence-corrected chi connectivity index (χ1v) is 11.4. The molecule has 0 aliphatic heterocycles. The average Bonchev–Trinajstić information content (AvgIpc) is 3.54. The van der Waals surface area contributed by atoms with Gasteiger partial charge in [0.05, 0.1) is 19.4 Å². The molecular formula is C26H25N5O4. The molecule has 0 bridgehead atoms. The Kier molecular flexibility index (Phi) is 6.30. The van der Waals surface area contributed by atoms with Gasteiger partial charge in [-0.1, -0.05) is 30.6 Å². The lowest BCUT2D eigenvalue weighted by atomic mass is 10.1. The zero-order chi connectivity index (χ0) is 24.2. The third-order valence-electron chi connectivity index (χ3n) is 5.62. The van der Waals surface area contributed by atoms with E-state index < -0.39 is 0 Å². The maximum atomic E-state index is 13.1. The van der Waals surface area contributed by atoms with E-state index in [4.69, 9.17) is 14.0 Å². The third kappa shape index (κ3) is 4.79. The molecule has 0 saturated heterocycles. The molecule has 0 unspecified atom stereocenters. The van der Waals surface area contributed by atoms with Crippen molar-refractivity contribution in [1.82, 2.24) is 24.3 Å². The zero-order valence-electron chi connectivity index (χ0n) is 19.5. The van der Waals surface area contributed by atoms with E-state index in [9.17, 15) is 4.79 Å². The topological polar surface area (TPSA) is 96.7 Å². The number of fused-ring (bicyclic) bond motifs is 1. The second kappa shape index (κ2) is 9.84. The molecule has 178 valence electrons. The first-order valence-electron chi connectivity index (χ1n) is 11.4. The molecule has 3 heterocycles. The van der Waals surface area contributed by atoms with Crippen molar-refractivity contribution in [2.75, 3.05) is 13.7 Å². The monoisotopic (exact) mass is 471 g/mol. The van der Waals surface area contributed by atoms with Crippen LogP contribution in [0.3, 0.4) is 0 Å². The van der Waals surface area contributed by atoms with Crippen LogP contribution in [0.4, 0.5) is 0 Å². The fourth-order valence-electron chi connectivity index (χ4n) is 3.69. The Balaban J connectivity index is 1.36. The fraction of sp³-hybridized carbons (Fsp3) is 0.231. The van der Waals surface area contributed by atoms with Gasteiger partial charge >= 0.3 is 0 Å². The average molecular weight is 472 g/mol. The number of nitrogens with zero attached hydrogens (tertiary/aromatic N) is 5. The maximum Gasteiger partial charge on any atom is 0.277 e. The Morgan fingerprint density at radius 1 is 1.00 bits per heavy atom. The lowest BCUT2D eigenvalue weighted by molar-refractivity contribution is 0.309. The first kappa shape index (κ1) is 22.4. The largest absolute Gasteiger partial charge is 0.497 e. The van der Waals surface area contributed by atoms with Crippen LogP contribution in [0, 0.1) is 0 Å². The van der Waals surface area contributed by atoms with Gasteiger partial charge in [-0.2, -0.15) is 10.1 Å². The Hall–Kier alpha value is -4.40. The highest BCUT2D eigenvalue weighted by atomic mass is 16.5. The summed E-state index contributed by atoms with van der Waals surface area (Å²) in [6.07, 6.45) is 5.51. The van der Waals surface area contributed by atoms with Crippen LogP contribution < -0.4 is 15.0 Å². The molecule has 0 atom stereocenters. The van der Waals surface area contributed by atoms with Gasteiger partial charge in [-0.05, 0) is 48.9 Å². The maximum absolute atomic E-state index is 13.1. The number of hydrogen-bond acceptors (Lipinski definition) is 7. The van der Waals surface area contributed by atoms with Crippen molar-refractivity contribution in [2.45, 2.75) is 26.3 Å². The molecule has 5 aromatic rings. The van der Waals surface area contributed by atoms with Crippen molar-refractivity contribution in [3.05, 3.63) is 83.2 Å². The van der Waals surface area contributed by atoms with E-state index in [1.807, 2.05) is 48.5 Å². The molecule has 0 radical (unpaired) electrons. The molecule has 0 aliphatic carbocycles. The van der Waals surface area contributed by atoms with Gasteiger partial charge in [0.2, 0.25) is 11.7 Å². The Labute approximate surface area is 201 Å². The van der Waals surface area contributed by atoms with Crippen molar-refractivity contribution in [1.29, 1.82) is 0 Å². The van der Waals surface area contributed by atoms with E-state index in [2.05, 4.69) is 22.2 Å². The normalized spacial score (nSPS) is 11.1. The number of aromatic nitrogens is 5. The predicted molar refractivity (Wildman–Crippen MR) is 131 cm³/mol. The Morgan fingerprint density at radius 3 is 2.66 bits per heavy atom. The molecule has 0 saturated carbocycles. The smallest absolute Gasteiger partial charge is 0.277 e. The number of rotatable bonds is 9. The fourth-order valence-corrected chi connectivity index (χ4v) is 3.69. The van der Waals surface area contributed by atoms with Gasteiger partial charge in [0, 0.05) is 23.5 Å². The molecule has 0 spiro atoms. The summed E-state index contributed by atoms with van der Waals surface area (Å²) >= 11 is 0. The summed E-state index contributed by atoms with van der Waals surface area (Å²) in [5, 5.41) is 8.60. The minimum atomic E-state index is -0.202. The van der Waals surface area contributed by atoms with Crippen LogP contribution in [0.5, 0.6) is 11.5 Å². The standard InChI is InChI=1S/C26H25N5O4/c1-3-4-14-34-20-10-8-18(9-11-20)22-16-23-26(32)30(12-13-31(23)28-22)17-24-27-25(29-35-24)19-6-5-7-21(15-19)33-2/h5-13,15-16H,3-4,14,17H2,1-2H3. The van der Waals surface area contributed by atoms with E-state index in [0.717, 1.165) is 29.7 Å². The summed E-state index contributed by atoms with van der Waals surface area (Å²) in [6, 6.07) is 16.9. The highest BCUT2D eigenvalue weighted by Crippen LogP contribution is 2.23. The van der Waals surface area contributed by atoms with Crippen LogP contribution >= 0.6 is 0 Å². The van der Waals surface area contributed by atoms with Crippen LogP contribution in [0.25, 0.3) is 28.2 Å². The summed E-state index contributed by atoms with van der Waals surface area (Å²) in [5.74, 6) is 2.28. The quantitative estimate of drug-likeness (QED) is 0.293. The van der Waals surface area contributed by atoms with Crippen LogP contribution in [-0.2, 0) is 6.54 Å². The van der Waals surface area contributed by atoms with Gasteiger partial charge in [-0.3, -0.25) is 4.79 Å². The molecule has 0 aliphatic rings. The van der Waals surface area contributed by atoms with E-state index in [0.29, 0.717) is 35.3 Å². The Morgan fingerprint density at radius 2 is 1.86 bits per heavy atom. The Bertz CT molecular complexity index is 1500. The van der Waals surface area contributed by atoms with Crippen molar-refractivity contribution in [2.24, 2.45) is 0 Å². The molecule has 5 rings (SSSR count). The number of methoxy groups -OCH3 is 1. The van der Waals surface area contributed by atoms with E-state index in [1.54, 1.807) is 30.1 Å². The predicted octanol–water partition coefficient (Wildman–Crippen LogP) is 4.45. The second-order valence-electron chi connectivity index (χ2n) is 8.06. The van der Waals surface area contributed by atoms with Crippen LogP contribution in [-0.4, -0.2) is 38.0 Å². The van der Waals surface area contributed by atoms with E-state index in [-0.39, 0.29) is 12.1 Å². The molecule has 0 fully saturated rings. The molecule has 0 N–H and O–H groups in total. The molecule has 2 aromatic carbocycles. The number of benzene rings is 2. The van der Waals surface area contributed by atoms with Crippen molar-refractivity contribution in [3.8, 4) is 34.1 Å². The zero-order valence-corrected chi connectivity index (χ0v) is 19.5. The van der Waals surface area contributed by atoms with Gasteiger partial charge in [-0.25, -0.2) is 4.52 Å². The molecule has 35 heavy (non-hydrogen) atoms. The first-order chi connectivity index (χ1) is 17.1. The second-order valence-corrected chi connectivity index (χ2v) is 8.06. The SMILES string of the molecule is CCCCOc1ccc(-c2cc3c(=O)n(Cc4nc(-c5cccc(OC)c5)no4)ccn3n2)cc1. The van der Waals surface area contributed by atoms with Gasteiger partial charge in [-0.15, -0.1) is 0 Å². The van der Waals surface area contributed by atoms with Gasteiger partial charge in [0.15, 0.2) is 0 Å². The van der Waals surface area contributed by atoms with Crippen LogP contribution in [0.2, 0.25) is 0 Å². The van der Waals surface area contributed by atoms with E-state index >= 15 is 0 Å². The molecule has 9 nitrogen and oxygen atoms in total. The number of ether oxygens (including phenoxy) is 2. The summed E-state index contributed by atoms with van der Waals surface area (Å²) in [4.78, 5) is 17.5. The number of unbranched alkanes of at least 4 members (excludes halogenated alkanes) is 1. The van der Waals surface area contributed by atoms with Crippen LogP contribution in [0.1, 0.15) is 25.7 Å². The minimum absolute atomic E-state index is 0.149. The summed E-state index contributed by atoms with van der Waals surface area (Å²) in [7, 11) is 1.60. The highest BCUT2D eigenvalue weighted by molar-refractivity contribution is 5.66. The molecular weight excluding hydrogens is 446 g/mol. The van der Waals surface area contributed by atoms with Gasteiger partial charge in [0.1, 0.15) is 23.6 Å². The van der Waals surface area contributed by atoms with Gasteiger partial charge in [0.25, 0.3) is 5.56 Å². The molecule has 9 heteroatoms. The summed E-state index contributed by atoms with van der Waals surface area (Å²) in [5.41, 5.74) is 2.63. The number of hydrogen-bond donors (Lipinski definition) is 0. The van der Waals surface area contributed by atoms with Crippen LogP contribution in [0.15, 0.2) is 76.3 Å². The van der Waals surface area contributed by atoms with Crippen molar-refractivity contribution in [3.63, 3.8) is 0 Å². The molecule has 0 amide bonds. The van der Waals surface area contributed by atoms with Crippen molar-refractivity contribution >= 4 is 5.52 Å². The molecule has 3 aromatic heterocycles. The van der Waals surface area contributed by atoms with Gasteiger partial charge < -0.3 is 18.6 Å². The lowest BCUT2D eigenvalue weighted by Crippen LogP contribution is -2.21. The lowest BCUT2D eigenvalue weighted by Gasteiger charge is -2.05. The third-order valence-corrected chi connectivity index (χ3v) is 5.62. The summed E-state index contributed by atoms with van der Waals surface area (Å²) < 4.78 is 19.5. The summed E-state index contributed by atoms with van der Waals surface area (Å²) in [6.45, 7) is 2.98. The van der Waals surface area contributed by atoms with E-state index in [1.165, 1.54) is 4.57 Å². The van der Waals surface area contributed by atoms with Crippen molar-refractivity contribution < 1.29 is 14.0 Å². The highest BCUT2D eigenvalue weighted by Gasteiger charge is 2.13. The minimum Gasteiger partial charge on any atom is -0.497 e.